The maximum Gasteiger partial charge on any atom is 0.243 e. The molecule has 1 aromatic carbocycles. The van der Waals surface area contributed by atoms with Crippen LogP contribution < -0.4 is 4.72 Å². The van der Waals surface area contributed by atoms with Gasteiger partial charge >= 0.3 is 0 Å². The molecular formula is C14H19ClFNO3S. The van der Waals surface area contributed by atoms with Crippen molar-refractivity contribution in [1.82, 2.24) is 4.72 Å². The third kappa shape index (κ3) is 4.39. The van der Waals surface area contributed by atoms with Crippen LogP contribution in [0.1, 0.15) is 38.5 Å². The summed E-state index contributed by atoms with van der Waals surface area (Å²) in [5, 5.41) is 10.6. The Morgan fingerprint density at radius 1 is 1.24 bits per heavy atom. The zero-order chi connectivity index (χ0) is 15.5. The molecule has 2 rings (SSSR count). The first kappa shape index (κ1) is 16.7. The van der Waals surface area contributed by atoms with E-state index in [9.17, 15) is 17.9 Å². The number of sulfonamides is 1. The summed E-state index contributed by atoms with van der Waals surface area (Å²) in [4.78, 5) is -0.455. The molecule has 1 aromatic rings. The second kappa shape index (κ2) is 6.60. The van der Waals surface area contributed by atoms with Crippen LogP contribution in [0, 0.1) is 5.82 Å². The first-order valence-corrected chi connectivity index (χ1v) is 8.86. The zero-order valence-corrected chi connectivity index (χ0v) is 13.2. The minimum absolute atomic E-state index is 0.0998. The predicted molar refractivity (Wildman–Crippen MR) is 79.3 cm³/mol. The number of benzene rings is 1. The molecule has 1 aliphatic carbocycles. The van der Waals surface area contributed by atoms with E-state index >= 15 is 0 Å². The van der Waals surface area contributed by atoms with Crippen molar-refractivity contribution in [2.45, 2.75) is 49.0 Å². The van der Waals surface area contributed by atoms with E-state index in [0.717, 1.165) is 37.8 Å². The van der Waals surface area contributed by atoms with Gasteiger partial charge in [-0.3, -0.25) is 0 Å². The minimum atomic E-state index is -4.00. The molecule has 0 unspecified atom stereocenters. The fourth-order valence-corrected chi connectivity index (χ4v) is 3.90. The third-order valence-electron chi connectivity index (χ3n) is 3.81. The lowest BCUT2D eigenvalue weighted by atomic mass is 9.95. The van der Waals surface area contributed by atoms with E-state index in [1.807, 2.05) is 0 Å². The van der Waals surface area contributed by atoms with E-state index in [0.29, 0.717) is 12.8 Å². The average Bonchev–Trinajstić information content (AvgIpc) is 2.62. The normalized spacial score (nSPS) is 19.2. The lowest BCUT2D eigenvalue weighted by Gasteiger charge is -2.26. The molecule has 0 atom stereocenters. The Kier molecular flexibility index (Phi) is 5.24. The van der Waals surface area contributed by atoms with Crippen LogP contribution in [0.2, 0.25) is 5.02 Å². The van der Waals surface area contributed by atoms with Crippen LogP contribution in [0.3, 0.4) is 0 Å². The Morgan fingerprint density at radius 3 is 2.43 bits per heavy atom. The van der Waals surface area contributed by atoms with Crippen LogP contribution >= 0.6 is 11.6 Å². The maximum absolute atomic E-state index is 13.7. The summed E-state index contributed by atoms with van der Waals surface area (Å²) < 4.78 is 40.3. The minimum Gasteiger partial charge on any atom is -0.389 e. The molecular weight excluding hydrogens is 317 g/mol. The first-order valence-electron chi connectivity index (χ1n) is 7.00. The summed E-state index contributed by atoms with van der Waals surface area (Å²) in [6.45, 7) is -0.0998. The predicted octanol–water partition coefficient (Wildman–Crippen LogP) is 2.84. The summed E-state index contributed by atoms with van der Waals surface area (Å²) in [5.74, 6) is -0.900. The van der Waals surface area contributed by atoms with E-state index in [4.69, 9.17) is 11.6 Å². The standard InChI is InChI=1S/C14H19ClFNO3S/c15-11-5-6-13(12(16)9-11)21(19,20)17-10-14(18)7-3-1-2-4-8-14/h5-6,9,17-18H,1-4,7-8,10H2. The summed E-state index contributed by atoms with van der Waals surface area (Å²) in [6.07, 6.45) is 4.93. The van der Waals surface area contributed by atoms with Gasteiger partial charge in [-0.15, -0.1) is 0 Å². The lowest BCUT2D eigenvalue weighted by Crippen LogP contribution is -2.42. The Bertz CT molecular complexity index is 598. The van der Waals surface area contributed by atoms with Gasteiger partial charge in [-0.05, 0) is 31.0 Å². The molecule has 0 bridgehead atoms. The molecule has 0 saturated heterocycles. The van der Waals surface area contributed by atoms with Gasteiger partial charge in [0.15, 0.2) is 0 Å². The van der Waals surface area contributed by atoms with Crippen molar-refractivity contribution in [2.24, 2.45) is 0 Å². The van der Waals surface area contributed by atoms with Crippen molar-refractivity contribution in [3.63, 3.8) is 0 Å². The fourth-order valence-electron chi connectivity index (χ4n) is 2.56. The van der Waals surface area contributed by atoms with Crippen molar-refractivity contribution < 1.29 is 17.9 Å². The maximum atomic E-state index is 13.7. The van der Waals surface area contributed by atoms with Crippen LogP contribution in [0.4, 0.5) is 4.39 Å². The Balaban J connectivity index is 2.10. The van der Waals surface area contributed by atoms with Gasteiger partial charge in [0, 0.05) is 11.6 Å². The molecule has 0 amide bonds. The highest BCUT2D eigenvalue weighted by Crippen LogP contribution is 2.27. The van der Waals surface area contributed by atoms with Crippen LogP contribution in [0.25, 0.3) is 0 Å². The molecule has 0 radical (unpaired) electrons. The third-order valence-corrected chi connectivity index (χ3v) is 5.48. The molecule has 1 aliphatic rings. The lowest BCUT2D eigenvalue weighted by molar-refractivity contribution is 0.0303. The second-order valence-electron chi connectivity index (χ2n) is 5.54. The van der Waals surface area contributed by atoms with Crippen molar-refractivity contribution in [3.8, 4) is 0 Å². The summed E-state index contributed by atoms with van der Waals surface area (Å²) in [6, 6.07) is 3.40. The van der Waals surface area contributed by atoms with E-state index in [-0.39, 0.29) is 11.6 Å². The van der Waals surface area contributed by atoms with Gasteiger partial charge in [-0.1, -0.05) is 37.3 Å². The molecule has 0 spiro atoms. The van der Waals surface area contributed by atoms with Crippen LogP contribution in [0.15, 0.2) is 23.1 Å². The molecule has 1 saturated carbocycles. The average molecular weight is 336 g/mol. The van der Waals surface area contributed by atoms with Crippen molar-refractivity contribution in [1.29, 1.82) is 0 Å². The van der Waals surface area contributed by atoms with Gasteiger partial charge < -0.3 is 5.11 Å². The molecule has 7 heteroatoms. The van der Waals surface area contributed by atoms with Gasteiger partial charge in [0.05, 0.1) is 5.60 Å². The molecule has 118 valence electrons. The molecule has 4 nitrogen and oxygen atoms in total. The van der Waals surface area contributed by atoms with Crippen LogP contribution in [-0.2, 0) is 10.0 Å². The van der Waals surface area contributed by atoms with Crippen LogP contribution in [0.5, 0.6) is 0 Å². The SMILES string of the molecule is O=S(=O)(NCC1(O)CCCCCC1)c1ccc(Cl)cc1F. The van der Waals surface area contributed by atoms with Gasteiger partial charge in [0.25, 0.3) is 0 Å². The van der Waals surface area contributed by atoms with E-state index in [1.165, 1.54) is 6.07 Å². The first-order chi connectivity index (χ1) is 9.82. The molecule has 0 heterocycles. The molecule has 2 N–H and O–H groups in total. The molecule has 0 aliphatic heterocycles. The van der Waals surface area contributed by atoms with Gasteiger partial charge in [0.2, 0.25) is 10.0 Å². The Labute approximate surface area is 129 Å². The van der Waals surface area contributed by atoms with E-state index < -0.39 is 26.3 Å². The summed E-state index contributed by atoms with van der Waals surface area (Å²) >= 11 is 5.61. The van der Waals surface area contributed by atoms with Crippen LogP contribution in [-0.4, -0.2) is 25.7 Å². The monoisotopic (exact) mass is 335 g/mol. The molecule has 0 aromatic heterocycles. The summed E-state index contributed by atoms with van der Waals surface area (Å²) in [7, 11) is -4.00. The zero-order valence-electron chi connectivity index (χ0n) is 11.6. The summed E-state index contributed by atoms with van der Waals surface area (Å²) in [5.41, 5.74) is -1.05. The Hall–Kier alpha value is -0.690. The number of halogens is 2. The van der Waals surface area contributed by atoms with Gasteiger partial charge in [-0.2, -0.15) is 0 Å². The highest BCUT2D eigenvalue weighted by atomic mass is 35.5. The molecule has 1 fully saturated rings. The highest BCUT2D eigenvalue weighted by Gasteiger charge is 2.30. The van der Waals surface area contributed by atoms with E-state index in [2.05, 4.69) is 4.72 Å². The Morgan fingerprint density at radius 2 is 1.86 bits per heavy atom. The number of hydrogen-bond donors (Lipinski definition) is 2. The number of rotatable bonds is 4. The topological polar surface area (TPSA) is 66.4 Å². The van der Waals surface area contributed by atoms with E-state index in [1.54, 1.807) is 0 Å². The quantitative estimate of drug-likeness (QED) is 0.831. The number of nitrogens with one attached hydrogen (secondary N) is 1. The number of hydrogen-bond acceptors (Lipinski definition) is 3. The van der Waals surface area contributed by atoms with Crippen molar-refractivity contribution in [2.75, 3.05) is 6.54 Å². The number of aliphatic hydroxyl groups is 1. The van der Waals surface area contributed by atoms with Crippen molar-refractivity contribution >= 4 is 21.6 Å². The highest BCUT2D eigenvalue weighted by molar-refractivity contribution is 7.89. The van der Waals surface area contributed by atoms with Gasteiger partial charge in [-0.25, -0.2) is 17.5 Å². The smallest absolute Gasteiger partial charge is 0.243 e. The largest absolute Gasteiger partial charge is 0.389 e. The second-order valence-corrected chi connectivity index (χ2v) is 7.71. The fraction of sp³-hybridized carbons (Fsp3) is 0.571. The van der Waals surface area contributed by atoms with Crippen molar-refractivity contribution in [3.05, 3.63) is 29.0 Å². The van der Waals surface area contributed by atoms with Gasteiger partial charge in [0.1, 0.15) is 10.7 Å². The molecule has 21 heavy (non-hydrogen) atoms.